The largest absolute Gasteiger partial charge is 0.481 e. The maximum atomic E-state index is 10.0. The first-order chi connectivity index (χ1) is 5.36. The highest BCUT2D eigenvalue weighted by atomic mass is 16.5. The Labute approximate surface area is 68.1 Å². The molecule has 6 heteroatoms. The normalized spacial score (nSPS) is 11.2. The smallest absolute Gasteiger partial charge is 0.364 e. The molecule has 6 nitrogen and oxygen atoms in total. The van der Waals surface area contributed by atoms with E-state index < -0.39 is 24.1 Å². The Balaban J connectivity index is 3.76. The number of carboxylic acid groups (broad SMARTS) is 2. The van der Waals surface area contributed by atoms with Gasteiger partial charge in [0.05, 0.1) is 0 Å². The van der Waals surface area contributed by atoms with Crippen LogP contribution in [0.15, 0.2) is 0 Å². The molecule has 0 fully saturated rings. The van der Waals surface area contributed by atoms with Crippen LogP contribution in [0.1, 0.15) is 19.3 Å². The van der Waals surface area contributed by atoms with Crippen molar-refractivity contribution in [2.45, 2.75) is 25.0 Å². The Kier molecular flexibility index (Phi) is 3.65. The highest BCUT2D eigenvalue weighted by Gasteiger charge is 2.32. The summed E-state index contributed by atoms with van der Waals surface area (Å²) in [5.74, 6) is -5.68. The molecule has 70 valence electrons. The number of carbonyl (C=O) groups is 2. The van der Waals surface area contributed by atoms with Gasteiger partial charge < -0.3 is 20.4 Å². The molecular weight excluding hydrogens is 168 g/mol. The van der Waals surface area contributed by atoms with Gasteiger partial charge in [-0.15, -0.1) is 0 Å². The van der Waals surface area contributed by atoms with Crippen LogP contribution in [-0.4, -0.2) is 38.2 Å². The second kappa shape index (κ2) is 4.03. The van der Waals surface area contributed by atoms with Crippen LogP contribution >= 0.6 is 0 Å². The molecule has 0 aliphatic carbocycles. The van der Waals surface area contributed by atoms with Gasteiger partial charge in [-0.05, 0) is 6.42 Å². The second-order valence-electron chi connectivity index (χ2n) is 2.37. The molecule has 0 unspecified atom stereocenters. The van der Waals surface area contributed by atoms with E-state index in [2.05, 4.69) is 0 Å². The van der Waals surface area contributed by atoms with Crippen molar-refractivity contribution >= 4 is 11.9 Å². The van der Waals surface area contributed by atoms with Crippen molar-refractivity contribution in [1.82, 2.24) is 0 Å². The van der Waals surface area contributed by atoms with Crippen LogP contribution in [0.4, 0.5) is 0 Å². The predicted octanol–water partition coefficient (Wildman–Crippen LogP) is -0.993. The minimum Gasteiger partial charge on any atom is -0.481 e. The van der Waals surface area contributed by atoms with Crippen LogP contribution < -0.4 is 0 Å². The van der Waals surface area contributed by atoms with Crippen molar-refractivity contribution in [3.63, 3.8) is 0 Å². The minimum atomic E-state index is -2.81. The monoisotopic (exact) mass is 178 g/mol. The molecule has 0 aromatic rings. The van der Waals surface area contributed by atoms with Gasteiger partial charge in [-0.1, -0.05) is 0 Å². The highest BCUT2D eigenvalue weighted by Crippen LogP contribution is 2.10. The van der Waals surface area contributed by atoms with E-state index in [1.807, 2.05) is 0 Å². The molecule has 0 amide bonds. The Morgan fingerprint density at radius 1 is 1.17 bits per heavy atom. The molecule has 0 bridgehead atoms. The summed E-state index contributed by atoms with van der Waals surface area (Å²) in [6.45, 7) is 0. The van der Waals surface area contributed by atoms with Crippen molar-refractivity contribution in [3.8, 4) is 0 Å². The van der Waals surface area contributed by atoms with Crippen molar-refractivity contribution in [2.75, 3.05) is 0 Å². The molecule has 0 aromatic carbocycles. The van der Waals surface area contributed by atoms with Gasteiger partial charge in [-0.3, -0.25) is 4.79 Å². The molecule has 0 aromatic heterocycles. The lowest BCUT2D eigenvalue weighted by Crippen LogP contribution is -2.38. The molecule has 0 rings (SSSR count). The summed E-state index contributed by atoms with van der Waals surface area (Å²) in [5, 5.41) is 33.6. The molecule has 0 heterocycles. The third kappa shape index (κ3) is 3.89. The average Bonchev–Trinajstić information content (AvgIpc) is 1.85. The van der Waals surface area contributed by atoms with Crippen molar-refractivity contribution in [1.29, 1.82) is 0 Å². The first-order valence-corrected chi connectivity index (χ1v) is 3.26. The fraction of sp³-hybridized carbons (Fsp3) is 0.667. The van der Waals surface area contributed by atoms with Gasteiger partial charge in [0.1, 0.15) is 0 Å². The lowest BCUT2D eigenvalue weighted by molar-refractivity contribution is -0.205. The SMILES string of the molecule is O=C(O)CCCC(O)(O)C(=O)O. The van der Waals surface area contributed by atoms with E-state index in [1.54, 1.807) is 0 Å². The van der Waals surface area contributed by atoms with E-state index >= 15 is 0 Å². The van der Waals surface area contributed by atoms with E-state index in [0.717, 1.165) is 0 Å². The van der Waals surface area contributed by atoms with Gasteiger partial charge in [0.25, 0.3) is 5.79 Å². The summed E-state index contributed by atoms with van der Waals surface area (Å²) in [6.07, 6.45) is -0.862. The molecule has 0 aliphatic rings. The molecular formula is C6H10O6. The topological polar surface area (TPSA) is 115 Å². The fourth-order valence-electron chi connectivity index (χ4n) is 0.593. The fourth-order valence-corrected chi connectivity index (χ4v) is 0.593. The maximum Gasteiger partial charge on any atom is 0.364 e. The van der Waals surface area contributed by atoms with E-state index in [1.165, 1.54) is 0 Å². The van der Waals surface area contributed by atoms with Gasteiger partial charge in [-0.2, -0.15) is 0 Å². The Morgan fingerprint density at radius 3 is 2.00 bits per heavy atom. The summed E-state index contributed by atoms with van der Waals surface area (Å²) in [4.78, 5) is 20.0. The van der Waals surface area contributed by atoms with Crippen molar-refractivity contribution in [2.24, 2.45) is 0 Å². The van der Waals surface area contributed by atoms with Crippen LogP contribution in [0.25, 0.3) is 0 Å². The summed E-state index contributed by atoms with van der Waals surface area (Å²) in [7, 11) is 0. The number of hydrogen-bond donors (Lipinski definition) is 4. The molecule has 0 atom stereocenters. The van der Waals surface area contributed by atoms with E-state index in [9.17, 15) is 9.59 Å². The van der Waals surface area contributed by atoms with Crippen LogP contribution in [0.5, 0.6) is 0 Å². The molecule has 0 aliphatic heterocycles. The zero-order valence-electron chi connectivity index (χ0n) is 6.23. The number of aliphatic carboxylic acids is 2. The summed E-state index contributed by atoms with van der Waals surface area (Å²) in [5.41, 5.74) is 0. The van der Waals surface area contributed by atoms with E-state index in [-0.39, 0.29) is 12.8 Å². The lowest BCUT2D eigenvalue weighted by atomic mass is 10.1. The standard InChI is InChI=1S/C6H10O6/c7-4(8)2-1-3-6(11,12)5(9)10/h11-12H,1-3H2,(H,7,8)(H,9,10). The van der Waals surface area contributed by atoms with Crippen LogP contribution in [0.3, 0.4) is 0 Å². The quantitative estimate of drug-likeness (QED) is 0.401. The molecule has 0 spiro atoms. The molecule has 12 heavy (non-hydrogen) atoms. The van der Waals surface area contributed by atoms with Crippen LogP contribution in [0.2, 0.25) is 0 Å². The third-order valence-electron chi connectivity index (χ3n) is 1.26. The van der Waals surface area contributed by atoms with Crippen molar-refractivity contribution < 1.29 is 30.0 Å². The molecule has 4 N–H and O–H groups in total. The Bertz CT molecular complexity index is 184. The maximum absolute atomic E-state index is 10.0. The average molecular weight is 178 g/mol. The van der Waals surface area contributed by atoms with Gasteiger partial charge >= 0.3 is 11.9 Å². The van der Waals surface area contributed by atoms with Crippen LogP contribution in [-0.2, 0) is 9.59 Å². The third-order valence-corrected chi connectivity index (χ3v) is 1.26. The van der Waals surface area contributed by atoms with Crippen LogP contribution in [0, 0.1) is 0 Å². The molecule has 0 saturated heterocycles. The highest BCUT2D eigenvalue weighted by molar-refractivity contribution is 5.74. The van der Waals surface area contributed by atoms with Crippen molar-refractivity contribution in [3.05, 3.63) is 0 Å². The zero-order valence-corrected chi connectivity index (χ0v) is 6.23. The Morgan fingerprint density at radius 2 is 1.67 bits per heavy atom. The predicted molar refractivity (Wildman–Crippen MR) is 36.3 cm³/mol. The van der Waals surface area contributed by atoms with Gasteiger partial charge in [0.2, 0.25) is 0 Å². The summed E-state index contributed by atoms with van der Waals surface area (Å²) in [6, 6.07) is 0. The van der Waals surface area contributed by atoms with Gasteiger partial charge in [0, 0.05) is 12.8 Å². The number of rotatable bonds is 5. The lowest BCUT2D eigenvalue weighted by Gasteiger charge is -2.14. The zero-order chi connectivity index (χ0) is 9.78. The first kappa shape index (κ1) is 10.9. The number of carboxylic acids is 2. The minimum absolute atomic E-state index is 0.0887. The van der Waals surface area contributed by atoms with E-state index in [4.69, 9.17) is 20.4 Å². The van der Waals surface area contributed by atoms with Gasteiger partial charge in [-0.25, -0.2) is 4.79 Å². The number of hydrogen-bond acceptors (Lipinski definition) is 4. The van der Waals surface area contributed by atoms with E-state index in [0.29, 0.717) is 0 Å². The number of aliphatic hydroxyl groups is 2. The summed E-state index contributed by atoms with van der Waals surface area (Å²) < 4.78 is 0. The molecule has 0 saturated carbocycles. The Hall–Kier alpha value is -1.14. The first-order valence-electron chi connectivity index (χ1n) is 3.26. The second-order valence-corrected chi connectivity index (χ2v) is 2.37. The summed E-state index contributed by atoms with van der Waals surface area (Å²) >= 11 is 0. The molecule has 0 radical (unpaired) electrons. The van der Waals surface area contributed by atoms with Gasteiger partial charge in [0.15, 0.2) is 0 Å².